The van der Waals surface area contributed by atoms with Crippen molar-refractivity contribution in [2.75, 3.05) is 5.75 Å². The highest BCUT2D eigenvalue weighted by Crippen LogP contribution is 2.61. The number of aromatic nitrogens is 1. The minimum absolute atomic E-state index is 0.262. The summed E-state index contributed by atoms with van der Waals surface area (Å²) < 4.78 is 1.11. The van der Waals surface area contributed by atoms with Crippen molar-refractivity contribution in [3.63, 3.8) is 0 Å². The quantitative estimate of drug-likeness (QED) is 0.783. The van der Waals surface area contributed by atoms with E-state index in [0.717, 1.165) is 32.7 Å². The summed E-state index contributed by atoms with van der Waals surface area (Å²) in [6, 6.07) is 0. The second-order valence-electron chi connectivity index (χ2n) is 8.15. The molecule has 4 bridgehead atoms. The molecule has 3 nitrogen and oxygen atoms in total. The normalized spacial score (nSPS) is 34.9. The molecule has 0 unspecified atom stereocenters. The number of carbonyl (C=O) groups excluding carboxylic acids is 1. The van der Waals surface area contributed by atoms with Crippen molar-refractivity contribution in [1.29, 1.82) is 0 Å². The molecular weight excluding hydrogens is 324 g/mol. The predicted molar refractivity (Wildman–Crippen MR) is 95.7 cm³/mol. The van der Waals surface area contributed by atoms with Crippen molar-refractivity contribution in [3.8, 4) is 0 Å². The fraction of sp³-hybridized carbons (Fsp3) is 0.778. The Balaban J connectivity index is 1.34. The number of aryl methyl sites for hydroxylation is 1. The minimum atomic E-state index is -0.262. The summed E-state index contributed by atoms with van der Waals surface area (Å²) in [5, 5.41) is 0. The Kier molecular flexibility index (Phi) is 4.21. The Morgan fingerprint density at radius 2 is 1.87 bits per heavy atom. The van der Waals surface area contributed by atoms with E-state index in [9.17, 15) is 4.79 Å². The van der Waals surface area contributed by atoms with Gasteiger partial charge in [0.15, 0.2) is 0 Å². The number of thiazole rings is 1. The van der Waals surface area contributed by atoms with Crippen LogP contribution in [0.1, 0.15) is 55.5 Å². The molecule has 0 atom stereocenters. The molecule has 4 aliphatic rings. The maximum atomic E-state index is 11.1. The first-order valence-corrected chi connectivity index (χ1v) is 10.7. The number of hydrogen-bond acceptors (Lipinski definition) is 4. The smallest absolute Gasteiger partial charge is 0.222 e. The molecule has 23 heavy (non-hydrogen) atoms. The van der Waals surface area contributed by atoms with Crippen molar-refractivity contribution in [1.82, 2.24) is 4.98 Å². The number of hydrogen-bond donors (Lipinski definition) is 1. The third-order valence-electron chi connectivity index (χ3n) is 6.23. The predicted octanol–water partition coefficient (Wildman–Crippen LogP) is 4.18. The van der Waals surface area contributed by atoms with Crippen molar-refractivity contribution < 1.29 is 4.79 Å². The van der Waals surface area contributed by atoms with Crippen LogP contribution in [0.25, 0.3) is 0 Å². The van der Waals surface area contributed by atoms with E-state index in [2.05, 4.69) is 4.98 Å². The lowest BCUT2D eigenvalue weighted by molar-refractivity contribution is -0.117. The second kappa shape index (κ2) is 6.07. The summed E-state index contributed by atoms with van der Waals surface area (Å²) in [5.41, 5.74) is 6.94. The summed E-state index contributed by atoms with van der Waals surface area (Å²) in [4.78, 5) is 16.8. The molecule has 1 heterocycles. The van der Waals surface area contributed by atoms with Gasteiger partial charge in [-0.05, 0) is 75.0 Å². The number of primary amides is 1. The third kappa shape index (κ3) is 3.32. The molecule has 5 heteroatoms. The zero-order valence-electron chi connectivity index (χ0n) is 13.8. The van der Waals surface area contributed by atoms with Gasteiger partial charge in [0.2, 0.25) is 5.91 Å². The standard InChI is InChI=1S/C18H26N2OS2/c1-11-15(7-16(19)21)23-17(20-11)22-3-2-18-8-12-4-13(9-18)6-14(5-12)10-18/h12-14H,2-10H2,1H3,(H2,19,21). The minimum Gasteiger partial charge on any atom is -0.369 e. The molecule has 1 aromatic rings. The molecule has 0 aliphatic heterocycles. The van der Waals surface area contributed by atoms with Gasteiger partial charge < -0.3 is 5.73 Å². The molecule has 4 saturated carbocycles. The van der Waals surface area contributed by atoms with Gasteiger partial charge in [0.05, 0.1) is 12.1 Å². The van der Waals surface area contributed by atoms with E-state index in [1.54, 1.807) is 11.3 Å². The van der Waals surface area contributed by atoms with Crippen LogP contribution in [0.3, 0.4) is 0 Å². The highest BCUT2D eigenvalue weighted by Gasteiger charge is 2.50. The molecular formula is C18H26N2OS2. The molecule has 4 fully saturated rings. The monoisotopic (exact) mass is 350 g/mol. The molecule has 5 rings (SSSR count). The van der Waals surface area contributed by atoms with E-state index in [1.807, 2.05) is 18.7 Å². The van der Waals surface area contributed by atoms with Gasteiger partial charge in [-0.2, -0.15) is 0 Å². The summed E-state index contributed by atoms with van der Waals surface area (Å²) in [5.74, 6) is 4.03. The lowest BCUT2D eigenvalue weighted by Crippen LogP contribution is -2.46. The van der Waals surface area contributed by atoms with Crippen LogP contribution in [-0.4, -0.2) is 16.6 Å². The molecule has 126 valence electrons. The molecule has 4 aliphatic carbocycles. The summed E-state index contributed by atoms with van der Waals surface area (Å²) in [7, 11) is 0. The topological polar surface area (TPSA) is 56.0 Å². The van der Waals surface area contributed by atoms with Gasteiger partial charge in [-0.1, -0.05) is 11.8 Å². The van der Waals surface area contributed by atoms with Crippen LogP contribution >= 0.6 is 23.1 Å². The van der Waals surface area contributed by atoms with Crippen molar-refractivity contribution in [2.24, 2.45) is 28.9 Å². The summed E-state index contributed by atoms with van der Waals surface area (Å²) in [6.07, 6.45) is 10.7. The average Bonchev–Trinajstić information content (AvgIpc) is 2.76. The number of nitrogens with zero attached hydrogens (tertiary/aromatic N) is 1. The zero-order chi connectivity index (χ0) is 16.0. The van der Waals surface area contributed by atoms with Crippen LogP contribution < -0.4 is 5.73 Å². The van der Waals surface area contributed by atoms with E-state index in [4.69, 9.17) is 5.73 Å². The van der Waals surface area contributed by atoms with E-state index in [-0.39, 0.29) is 5.91 Å². The van der Waals surface area contributed by atoms with Crippen molar-refractivity contribution in [2.45, 2.75) is 62.6 Å². The van der Waals surface area contributed by atoms with Gasteiger partial charge in [-0.25, -0.2) is 4.98 Å². The van der Waals surface area contributed by atoms with E-state index in [1.165, 1.54) is 50.7 Å². The third-order valence-corrected chi connectivity index (χ3v) is 8.53. The molecule has 0 aromatic carbocycles. The molecule has 2 N–H and O–H groups in total. The fourth-order valence-corrected chi connectivity index (χ4v) is 8.24. The van der Waals surface area contributed by atoms with Crippen LogP contribution in [0.4, 0.5) is 0 Å². The average molecular weight is 351 g/mol. The SMILES string of the molecule is Cc1nc(SCCC23CC4CC(CC(C4)C2)C3)sc1CC(N)=O. The lowest BCUT2D eigenvalue weighted by Gasteiger charge is -2.57. The largest absolute Gasteiger partial charge is 0.369 e. The van der Waals surface area contributed by atoms with Crippen LogP contribution in [0.5, 0.6) is 0 Å². The van der Waals surface area contributed by atoms with Gasteiger partial charge in [0, 0.05) is 10.6 Å². The summed E-state index contributed by atoms with van der Waals surface area (Å²) in [6.45, 7) is 1.98. The van der Waals surface area contributed by atoms with Crippen LogP contribution in [-0.2, 0) is 11.2 Å². The lowest BCUT2D eigenvalue weighted by atomic mass is 9.49. The van der Waals surface area contributed by atoms with Crippen molar-refractivity contribution in [3.05, 3.63) is 10.6 Å². The Morgan fingerprint density at radius 3 is 2.43 bits per heavy atom. The van der Waals surface area contributed by atoms with Gasteiger partial charge >= 0.3 is 0 Å². The van der Waals surface area contributed by atoms with Gasteiger partial charge in [0.1, 0.15) is 4.34 Å². The Bertz CT molecular complexity index is 575. The number of carbonyl (C=O) groups is 1. The number of thioether (sulfide) groups is 1. The van der Waals surface area contributed by atoms with E-state index in [0.29, 0.717) is 11.8 Å². The molecule has 0 spiro atoms. The Hall–Kier alpha value is -0.550. The Morgan fingerprint density at radius 1 is 1.26 bits per heavy atom. The second-order valence-corrected chi connectivity index (χ2v) is 10.6. The first-order chi connectivity index (χ1) is 11.0. The zero-order valence-corrected chi connectivity index (χ0v) is 15.5. The highest BCUT2D eigenvalue weighted by molar-refractivity contribution is 8.01. The molecule has 1 amide bonds. The molecule has 0 radical (unpaired) electrons. The van der Waals surface area contributed by atoms with Crippen molar-refractivity contribution >= 4 is 29.0 Å². The van der Waals surface area contributed by atoms with Crippen LogP contribution in [0, 0.1) is 30.1 Å². The number of rotatable bonds is 6. The first-order valence-electron chi connectivity index (χ1n) is 8.89. The van der Waals surface area contributed by atoms with Crippen LogP contribution in [0.15, 0.2) is 4.34 Å². The van der Waals surface area contributed by atoms with E-state index >= 15 is 0 Å². The highest BCUT2D eigenvalue weighted by atomic mass is 32.2. The maximum absolute atomic E-state index is 11.1. The first kappa shape index (κ1) is 15.9. The number of nitrogens with two attached hydrogens (primary N) is 1. The number of amides is 1. The van der Waals surface area contributed by atoms with Crippen LogP contribution in [0.2, 0.25) is 0 Å². The van der Waals surface area contributed by atoms with Gasteiger partial charge in [-0.3, -0.25) is 4.79 Å². The van der Waals surface area contributed by atoms with Gasteiger partial charge in [0.25, 0.3) is 0 Å². The van der Waals surface area contributed by atoms with Gasteiger partial charge in [-0.15, -0.1) is 11.3 Å². The fourth-order valence-electron chi connectivity index (χ4n) is 5.74. The van der Waals surface area contributed by atoms with E-state index < -0.39 is 0 Å². The maximum Gasteiger partial charge on any atom is 0.222 e. The molecule has 0 saturated heterocycles. The molecule has 1 aromatic heterocycles. The Labute approximate surface area is 146 Å². The summed E-state index contributed by atoms with van der Waals surface area (Å²) >= 11 is 3.54.